The van der Waals surface area contributed by atoms with Crippen molar-refractivity contribution in [2.75, 3.05) is 13.2 Å². The molecule has 2 aromatic heterocycles. The third kappa shape index (κ3) is 4.49. The number of carbonyl (C=O) groups is 1. The number of esters is 1. The molecule has 0 radical (unpaired) electrons. The van der Waals surface area contributed by atoms with Crippen molar-refractivity contribution in [2.45, 2.75) is 29.0 Å². The molecule has 0 aliphatic carbocycles. The van der Waals surface area contributed by atoms with Crippen LogP contribution < -0.4 is 5.32 Å². The van der Waals surface area contributed by atoms with Gasteiger partial charge in [0, 0.05) is 11.1 Å². The van der Waals surface area contributed by atoms with Crippen LogP contribution in [0.25, 0.3) is 0 Å². The molecular formula is C22H21N3O3S2. The number of hydrogen-bond acceptors (Lipinski definition) is 6. The first-order valence-electron chi connectivity index (χ1n) is 9.62. The van der Waals surface area contributed by atoms with Gasteiger partial charge < -0.3 is 19.4 Å². The minimum absolute atomic E-state index is 0.0372. The van der Waals surface area contributed by atoms with Gasteiger partial charge in [0.15, 0.2) is 10.2 Å². The first-order chi connectivity index (χ1) is 14.7. The van der Waals surface area contributed by atoms with Crippen LogP contribution in [0.1, 0.15) is 30.5 Å². The SMILES string of the molecule is CCOC(=O)CN1C(=S)N[C@H](c2ccccn2)[C@H]1c1ccc(Sc2ccccc2)o1. The number of carbonyl (C=O) groups excluding carboxylic acids is 1. The number of pyridine rings is 1. The maximum atomic E-state index is 12.2. The summed E-state index contributed by atoms with van der Waals surface area (Å²) in [7, 11) is 0. The molecular weight excluding hydrogens is 418 g/mol. The molecule has 1 aliphatic heterocycles. The minimum atomic E-state index is -0.334. The van der Waals surface area contributed by atoms with Crippen LogP contribution in [0.3, 0.4) is 0 Å². The summed E-state index contributed by atoms with van der Waals surface area (Å²) in [6.45, 7) is 2.14. The van der Waals surface area contributed by atoms with Gasteiger partial charge in [0.1, 0.15) is 18.3 Å². The van der Waals surface area contributed by atoms with Crippen LogP contribution in [0, 0.1) is 0 Å². The van der Waals surface area contributed by atoms with Crippen LogP contribution >= 0.6 is 24.0 Å². The summed E-state index contributed by atoms with van der Waals surface area (Å²) in [5.41, 5.74) is 0.824. The normalized spacial score (nSPS) is 18.3. The van der Waals surface area contributed by atoms with Crippen molar-refractivity contribution in [1.29, 1.82) is 0 Å². The van der Waals surface area contributed by atoms with Gasteiger partial charge in [0.2, 0.25) is 0 Å². The van der Waals surface area contributed by atoms with Crippen LogP contribution in [-0.2, 0) is 9.53 Å². The number of aromatic nitrogens is 1. The number of hydrogen-bond donors (Lipinski definition) is 1. The van der Waals surface area contributed by atoms with Crippen LogP contribution in [0.5, 0.6) is 0 Å². The van der Waals surface area contributed by atoms with Crippen molar-refractivity contribution in [1.82, 2.24) is 15.2 Å². The fraction of sp³-hybridized carbons (Fsp3) is 0.227. The summed E-state index contributed by atoms with van der Waals surface area (Å²) in [6, 6.07) is 19.1. The van der Waals surface area contributed by atoms with E-state index in [1.54, 1.807) is 24.9 Å². The van der Waals surface area contributed by atoms with Crippen molar-refractivity contribution in [3.8, 4) is 0 Å². The van der Waals surface area contributed by atoms with Crippen molar-refractivity contribution < 1.29 is 13.9 Å². The lowest BCUT2D eigenvalue weighted by molar-refractivity contribution is -0.143. The molecule has 1 fully saturated rings. The number of ether oxygens (including phenoxy) is 1. The number of benzene rings is 1. The Morgan fingerprint density at radius 3 is 2.73 bits per heavy atom. The van der Waals surface area contributed by atoms with E-state index < -0.39 is 0 Å². The van der Waals surface area contributed by atoms with E-state index in [4.69, 9.17) is 21.4 Å². The van der Waals surface area contributed by atoms with Crippen LogP contribution in [0.2, 0.25) is 0 Å². The van der Waals surface area contributed by atoms with E-state index in [-0.39, 0.29) is 24.6 Å². The molecule has 0 unspecified atom stereocenters. The molecule has 30 heavy (non-hydrogen) atoms. The standard InChI is InChI=1S/C22H21N3O3S2/c1-2-27-18(26)14-25-21(20(24-22(25)29)16-10-6-7-13-23-16)17-11-12-19(28-17)30-15-8-4-3-5-9-15/h3-13,20-21H,2,14H2,1H3,(H,24,29)/t20-,21-/m1/s1. The topological polar surface area (TPSA) is 67.6 Å². The van der Waals surface area contributed by atoms with E-state index in [0.717, 1.165) is 15.7 Å². The molecule has 1 aliphatic rings. The number of nitrogens with zero attached hydrogens (tertiary/aromatic N) is 2. The molecule has 0 spiro atoms. The Morgan fingerprint density at radius 1 is 1.20 bits per heavy atom. The van der Waals surface area contributed by atoms with Gasteiger partial charge in [-0.3, -0.25) is 9.78 Å². The summed E-state index contributed by atoms with van der Waals surface area (Å²) in [5.74, 6) is 0.375. The summed E-state index contributed by atoms with van der Waals surface area (Å²) >= 11 is 7.08. The number of rotatable bonds is 7. The third-order valence-corrected chi connectivity index (χ3v) is 5.94. The number of nitrogens with one attached hydrogen (secondary N) is 1. The lowest BCUT2D eigenvalue weighted by atomic mass is 10.0. The highest BCUT2D eigenvalue weighted by Gasteiger charge is 2.42. The third-order valence-electron chi connectivity index (χ3n) is 4.66. The van der Waals surface area contributed by atoms with E-state index in [1.165, 1.54) is 0 Å². The van der Waals surface area contributed by atoms with Gasteiger partial charge in [-0.2, -0.15) is 0 Å². The second-order valence-corrected chi connectivity index (χ2v) is 8.10. The fourth-order valence-electron chi connectivity index (χ4n) is 3.38. The van der Waals surface area contributed by atoms with Crippen LogP contribution in [-0.4, -0.2) is 34.1 Å². The first kappa shape index (κ1) is 20.4. The van der Waals surface area contributed by atoms with Crippen molar-refractivity contribution in [3.63, 3.8) is 0 Å². The van der Waals surface area contributed by atoms with Crippen LogP contribution in [0.4, 0.5) is 0 Å². The molecule has 3 aromatic rings. The average molecular weight is 440 g/mol. The summed E-state index contributed by atoms with van der Waals surface area (Å²) in [6.07, 6.45) is 1.74. The van der Waals surface area contributed by atoms with E-state index >= 15 is 0 Å². The minimum Gasteiger partial charge on any atom is -0.465 e. The van der Waals surface area contributed by atoms with Gasteiger partial charge in [-0.25, -0.2) is 0 Å². The average Bonchev–Trinajstić information content (AvgIpc) is 3.34. The molecule has 0 amide bonds. The van der Waals surface area contributed by atoms with E-state index in [2.05, 4.69) is 10.3 Å². The molecule has 4 rings (SSSR count). The quantitative estimate of drug-likeness (QED) is 0.430. The van der Waals surface area contributed by atoms with Gasteiger partial charge in [-0.15, -0.1) is 0 Å². The molecule has 0 bridgehead atoms. The lowest BCUT2D eigenvalue weighted by Crippen LogP contribution is -2.35. The molecule has 6 nitrogen and oxygen atoms in total. The van der Waals surface area contributed by atoms with E-state index in [1.807, 2.05) is 65.6 Å². The highest BCUT2D eigenvalue weighted by molar-refractivity contribution is 7.99. The van der Waals surface area contributed by atoms with Gasteiger partial charge in [0.05, 0.1) is 18.3 Å². The Kier molecular flexibility index (Phi) is 6.35. The first-order valence-corrected chi connectivity index (χ1v) is 10.8. The van der Waals surface area contributed by atoms with E-state index in [9.17, 15) is 4.79 Å². The molecule has 1 N–H and O–H groups in total. The zero-order valence-corrected chi connectivity index (χ0v) is 18.0. The van der Waals surface area contributed by atoms with Gasteiger partial charge in [-0.05, 0) is 55.5 Å². The highest BCUT2D eigenvalue weighted by atomic mass is 32.2. The van der Waals surface area contributed by atoms with Crippen molar-refractivity contribution >= 4 is 35.1 Å². The molecule has 154 valence electrons. The largest absolute Gasteiger partial charge is 0.465 e. The van der Waals surface area contributed by atoms with Gasteiger partial charge in [-0.1, -0.05) is 36.0 Å². The highest BCUT2D eigenvalue weighted by Crippen LogP contribution is 2.41. The van der Waals surface area contributed by atoms with Crippen LogP contribution in [0.15, 0.2) is 81.3 Å². The number of furan rings is 1. The molecule has 3 heterocycles. The smallest absolute Gasteiger partial charge is 0.325 e. The maximum Gasteiger partial charge on any atom is 0.325 e. The Balaban J connectivity index is 1.64. The summed E-state index contributed by atoms with van der Waals surface area (Å²) < 4.78 is 11.3. The van der Waals surface area contributed by atoms with E-state index in [0.29, 0.717) is 17.5 Å². The van der Waals surface area contributed by atoms with Gasteiger partial charge in [0.25, 0.3) is 0 Å². The predicted octanol–water partition coefficient (Wildman–Crippen LogP) is 4.36. The Labute approximate surface area is 184 Å². The monoisotopic (exact) mass is 439 g/mol. The lowest BCUT2D eigenvalue weighted by Gasteiger charge is -2.25. The second kappa shape index (κ2) is 9.32. The Morgan fingerprint density at radius 2 is 2.00 bits per heavy atom. The molecule has 1 saturated heterocycles. The predicted molar refractivity (Wildman–Crippen MR) is 118 cm³/mol. The summed E-state index contributed by atoms with van der Waals surface area (Å²) in [5, 5.41) is 4.53. The number of thiocarbonyl (C=S) groups is 1. The molecule has 8 heteroatoms. The zero-order chi connectivity index (χ0) is 20.9. The van der Waals surface area contributed by atoms with Gasteiger partial charge >= 0.3 is 5.97 Å². The van der Waals surface area contributed by atoms with Crippen molar-refractivity contribution in [2.24, 2.45) is 0 Å². The molecule has 0 saturated carbocycles. The maximum absolute atomic E-state index is 12.2. The van der Waals surface area contributed by atoms with Crippen molar-refractivity contribution in [3.05, 3.63) is 78.3 Å². The zero-order valence-electron chi connectivity index (χ0n) is 16.4. The Hall–Kier alpha value is -2.84. The second-order valence-electron chi connectivity index (χ2n) is 6.63. The fourth-order valence-corrected chi connectivity index (χ4v) is 4.49. The summed E-state index contributed by atoms with van der Waals surface area (Å²) in [4.78, 5) is 19.6. The molecule has 1 aromatic carbocycles. The Bertz CT molecular complexity index is 1010. The molecule has 2 atom stereocenters.